The number of rotatable bonds is 8. The Balaban J connectivity index is 1.04. The number of aliphatic hydroxyl groups is 1. The lowest BCUT2D eigenvalue weighted by Gasteiger charge is -2.46. The van der Waals surface area contributed by atoms with Gasteiger partial charge in [0.15, 0.2) is 0 Å². The van der Waals surface area contributed by atoms with E-state index in [0.29, 0.717) is 58.8 Å². The van der Waals surface area contributed by atoms with Gasteiger partial charge in [-0.2, -0.15) is 0 Å². The van der Waals surface area contributed by atoms with Crippen molar-refractivity contribution in [2.45, 2.75) is 51.9 Å². The predicted molar refractivity (Wildman–Crippen MR) is 193 cm³/mol. The number of fused-ring (bicyclic) bond motifs is 3. The van der Waals surface area contributed by atoms with Crippen molar-refractivity contribution >= 4 is 28.9 Å². The minimum absolute atomic E-state index is 0.116. The van der Waals surface area contributed by atoms with E-state index in [1.807, 2.05) is 36.5 Å². The maximum Gasteiger partial charge on any atom is 0.276 e. The van der Waals surface area contributed by atoms with E-state index in [1.165, 1.54) is 15.8 Å². The van der Waals surface area contributed by atoms with Crippen LogP contribution in [0.15, 0.2) is 66.4 Å². The number of hydrogen-bond acceptors (Lipinski definition) is 9. The number of aromatic nitrogens is 4. The molecule has 3 aliphatic heterocycles. The fourth-order valence-corrected chi connectivity index (χ4v) is 8.09. The Morgan fingerprint density at radius 2 is 1.92 bits per heavy atom. The number of aliphatic hydroxyl groups excluding tert-OH is 1. The highest BCUT2D eigenvalue weighted by atomic mass is 16.5. The lowest BCUT2D eigenvalue weighted by Crippen LogP contribution is -2.60. The molecule has 4 aromatic heterocycles. The second kappa shape index (κ2) is 12.5. The highest BCUT2D eigenvalue weighted by Gasteiger charge is 2.38. The molecule has 260 valence electrons. The van der Waals surface area contributed by atoms with Crippen molar-refractivity contribution < 1.29 is 14.6 Å². The average molecular weight is 677 g/mol. The summed E-state index contributed by atoms with van der Waals surface area (Å²) in [7, 11) is 1.70. The molecule has 2 fully saturated rings. The van der Waals surface area contributed by atoms with Crippen LogP contribution in [0.4, 0.5) is 23.0 Å². The van der Waals surface area contributed by atoms with E-state index in [-0.39, 0.29) is 29.5 Å². The first-order chi connectivity index (χ1) is 24.1. The fraction of sp³-hybridized carbons (Fsp3) is 0.421. The molecule has 12 nitrogen and oxygen atoms in total. The Labute approximate surface area is 291 Å². The smallest absolute Gasteiger partial charge is 0.276 e. The van der Waals surface area contributed by atoms with Crippen LogP contribution in [0.1, 0.15) is 41.2 Å². The van der Waals surface area contributed by atoms with E-state index in [1.54, 1.807) is 30.4 Å². The zero-order chi connectivity index (χ0) is 34.7. The first-order valence-corrected chi connectivity index (χ1v) is 17.4. The van der Waals surface area contributed by atoms with Gasteiger partial charge in [0.2, 0.25) is 0 Å². The Kier molecular flexibility index (Phi) is 8.12. The number of hydrogen-bond donors (Lipinski definition) is 2. The van der Waals surface area contributed by atoms with Gasteiger partial charge in [-0.3, -0.25) is 19.4 Å². The third kappa shape index (κ3) is 5.61. The quantitative estimate of drug-likeness (QED) is 0.269. The molecule has 0 unspecified atom stereocenters. The zero-order valence-corrected chi connectivity index (χ0v) is 28.9. The molecule has 0 saturated carbocycles. The maximum absolute atomic E-state index is 13.9. The van der Waals surface area contributed by atoms with E-state index >= 15 is 0 Å². The van der Waals surface area contributed by atoms with Gasteiger partial charge in [0.1, 0.15) is 23.0 Å². The molecule has 2 N–H and O–H groups in total. The van der Waals surface area contributed by atoms with Crippen LogP contribution in [-0.4, -0.2) is 86.5 Å². The van der Waals surface area contributed by atoms with E-state index in [4.69, 9.17) is 4.74 Å². The number of piperazine rings is 1. The largest absolute Gasteiger partial charge is 0.392 e. The van der Waals surface area contributed by atoms with Gasteiger partial charge in [-0.25, -0.2) is 9.97 Å². The van der Waals surface area contributed by atoms with Crippen molar-refractivity contribution in [2.75, 3.05) is 54.5 Å². The highest BCUT2D eigenvalue weighted by molar-refractivity contribution is 6.06. The summed E-state index contributed by atoms with van der Waals surface area (Å²) < 4.78 is 9.08. The molecule has 2 saturated heterocycles. The number of amides is 1. The first-order valence-electron chi connectivity index (χ1n) is 17.4. The SMILES string of the molecule is C=C[C@H]1CN(C2COC2)CCN1c1ccc(Nc2cc(-c3ccnc(N4CCn5c(cc6c5CC(C)(C)C6)C4=O)c3CO)cn(C)c2=O)nc1. The molecule has 0 spiro atoms. The van der Waals surface area contributed by atoms with Crippen LogP contribution in [0.3, 0.4) is 0 Å². The van der Waals surface area contributed by atoms with Gasteiger partial charge in [0.05, 0.1) is 43.8 Å². The molecule has 12 heteroatoms. The van der Waals surface area contributed by atoms with Crippen LogP contribution >= 0.6 is 0 Å². The van der Waals surface area contributed by atoms with Crippen LogP contribution in [0.25, 0.3) is 11.1 Å². The number of nitrogens with zero attached hydrogens (tertiary/aromatic N) is 7. The van der Waals surface area contributed by atoms with Crippen LogP contribution in [-0.2, 0) is 37.8 Å². The minimum Gasteiger partial charge on any atom is -0.392 e. The summed E-state index contributed by atoms with van der Waals surface area (Å²) in [5, 5.41) is 13.9. The number of anilines is 4. The summed E-state index contributed by atoms with van der Waals surface area (Å²) in [4.78, 5) is 42.9. The summed E-state index contributed by atoms with van der Waals surface area (Å²) in [6.45, 7) is 13.7. The minimum atomic E-state index is -0.322. The van der Waals surface area contributed by atoms with Crippen molar-refractivity contribution in [3.05, 3.63) is 94.4 Å². The lowest BCUT2D eigenvalue weighted by molar-refractivity contribution is -0.0682. The molecule has 4 aromatic rings. The summed E-state index contributed by atoms with van der Waals surface area (Å²) in [5.74, 6) is 0.857. The van der Waals surface area contributed by atoms with Gasteiger partial charge in [-0.05, 0) is 59.7 Å². The molecule has 8 rings (SSSR count). The van der Waals surface area contributed by atoms with Crippen molar-refractivity contribution in [3.63, 3.8) is 0 Å². The van der Waals surface area contributed by atoms with E-state index in [0.717, 1.165) is 51.4 Å². The van der Waals surface area contributed by atoms with Crippen molar-refractivity contribution in [1.82, 2.24) is 24.0 Å². The molecular formula is C38H44N8O4. The molecular weight excluding hydrogens is 632 g/mol. The molecule has 7 heterocycles. The van der Waals surface area contributed by atoms with Crippen molar-refractivity contribution in [3.8, 4) is 11.1 Å². The first kappa shape index (κ1) is 32.4. The highest BCUT2D eigenvalue weighted by Crippen LogP contribution is 2.40. The van der Waals surface area contributed by atoms with Gasteiger partial charge in [0, 0.05) is 69.0 Å². The molecule has 50 heavy (non-hydrogen) atoms. The number of aryl methyl sites for hydroxylation is 1. The van der Waals surface area contributed by atoms with E-state index in [9.17, 15) is 14.7 Å². The number of ether oxygens (including phenoxy) is 1. The number of carbonyl (C=O) groups excluding carboxylic acids is 1. The Hall–Kier alpha value is -4.78. The third-order valence-corrected chi connectivity index (χ3v) is 10.8. The second-order valence-corrected chi connectivity index (χ2v) is 14.7. The van der Waals surface area contributed by atoms with Gasteiger partial charge >= 0.3 is 0 Å². The standard InChI is InChI=1S/C38H44N8O4/c1-5-26-20-43(28-22-50-23-28)10-11-44(26)27-6-7-34(40-18-27)41-31-14-25(19-42(4)36(31)48)29-8-9-39-35(30(29)21-47)46-13-12-45-32(37(46)49)15-24-16-38(2,3)17-33(24)45/h5-9,14-15,18-19,26,28,47H,1,10-13,16-17,20-23H2,2-4H3,(H,40,41)/t26-/m0/s1. The molecule has 0 radical (unpaired) electrons. The zero-order valence-electron chi connectivity index (χ0n) is 28.9. The molecule has 1 atom stereocenters. The van der Waals surface area contributed by atoms with Crippen LogP contribution in [0.2, 0.25) is 0 Å². The monoisotopic (exact) mass is 676 g/mol. The lowest BCUT2D eigenvalue weighted by atomic mass is 9.90. The van der Waals surface area contributed by atoms with Crippen LogP contribution in [0, 0.1) is 5.41 Å². The molecule has 1 amide bonds. The third-order valence-electron chi connectivity index (χ3n) is 10.8. The Morgan fingerprint density at radius 1 is 1.08 bits per heavy atom. The maximum atomic E-state index is 13.9. The summed E-state index contributed by atoms with van der Waals surface area (Å²) in [5.41, 5.74) is 6.44. The molecule has 1 aliphatic carbocycles. The fourth-order valence-electron chi connectivity index (χ4n) is 8.09. The number of carbonyl (C=O) groups is 1. The summed E-state index contributed by atoms with van der Waals surface area (Å²) >= 11 is 0. The van der Waals surface area contributed by atoms with Crippen LogP contribution < -0.4 is 20.7 Å². The van der Waals surface area contributed by atoms with E-state index < -0.39 is 0 Å². The summed E-state index contributed by atoms with van der Waals surface area (Å²) in [6, 6.07) is 10.2. The normalized spacial score (nSPS) is 20.4. The average Bonchev–Trinajstić information content (AvgIpc) is 3.58. The summed E-state index contributed by atoms with van der Waals surface area (Å²) in [6.07, 6.45) is 9.12. The molecule has 0 bridgehead atoms. The topological polar surface area (TPSA) is 121 Å². The Morgan fingerprint density at radius 3 is 2.64 bits per heavy atom. The number of nitrogens with one attached hydrogen (secondary N) is 1. The predicted octanol–water partition coefficient (Wildman–Crippen LogP) is 3.74. The van der Waals surface area contributed by atoms with Gasteiger partial charge in [0.25, 0.3) is 11.5 Å². The van der Waals surface area contributed by atoms with Crippen molar-refractivity contribution in [1.29, 1.82) is 0 Å². The van der Waals surface area contributed by atoms with Crippen molar-refractivity contribution in [2.24, 2.45) is 12.5 Å². The molecule has 0 aromatic carbocycles. The molecule has 4 aliphatic rings. The second-order valence-electron chi connectivity index (χ2n) is 14.7. The Bertz CT molecular complexity index is 2030. The number of pyridine rings is 3. The van der Waals surface area contributed by atoms with Gasteiger partial charge in [-0.15, -0.1) is 6.58 Å². The van der Waals surface area contributed by atoms with Crippen LogP contribution in [0.5, 0.6) is 0 Å². The van der Waals surface area contributed by atoms with Gasteiger partial charge < -0.3 is 29.2 Å². The van der Waals surface area contributed by atoms with E-state index in [2.05, 4.69) is 50.1 Å². The van der Waals surface area contributed by atoms with Gasteiger partial charge in [-0.1, -0.05) is 19.9 Å².